The predicted molar refractivity (Wildman–Crippen MR) is 62.6 cm³/mol. The van der Waals surface area contributed by atoms with Gasteiger partial charge in [-0.05, 0) is 0 Å². The van der Waals surface area contributed by atoms with Crippen molar-refractivity contribution in [3.63, 3.8) is 0 Å². The van der Waals surface area contributed by atoms with Crippen LogP contribution in [-0.4, -0.2) is 34.0 Å². The average Bonchev–Trinajstić information content (AvgIpc) is 2.95. The summed E-state index contributed by atoms with van der Waals surface area (Å²) >= 11 is 1.13. The first-order valence-corrected chi connectivity index (χ1v) is 6.49. The fraction of sp³-hybridized carbons (Fsp3) is 0.600. The molecule has 1 aromatic heterocycles. The molecule has 0 spiro atoms. The number of halogens is 2. The Balaban J connectivity index is 1.88. The zero-order valence-corrected chi connectivity index (χ0v) is 9.86. The molecule has 0 aromatic carbocycles. The number of nitrogens with one attached hydrogen (secondary N) is 2. The van der Waals surface area contributed by atoms with Crippen LogP contribution in [0, 0.1) is 0 Å². The van der Waals surface area contributed by atoms with E-state index in [9.17, 15) is 8.78 Å². The van der Waals surface area contributed by atoms with Gasteiger partial charge >= 0.3 is 0 Å². The van der Waals surface area contributed by atoms with E-state index in [0.717, 1.165) is 48.2 Å². The van der Waals surface area contributed by atoms with Crippen LogP contribution in [0.15, 0.2) is 4.99 Å². The summed E-state index contributed by atoms with van der Waals surface area (Å²) in [6, 6.07) is -0.219. The van der Waals surface area contributed by atoms with Crippen LogP contribution in [0.4, 0.5) is 8.78 Å². The molecule has 0 saturated carbocycles. The van der Waals surface area contributed by atoms with E-state index in [-0.39, 0.29) is 11.1 Å². The van der Waals surface area contributed by atoms with E-state index >= 15 is 0 Å². The van der Waals surface area contributed by atoms with Crippen molar-refractivity contribution in [2.45, 2.75) is 25.4 Å². The van der Waals surface area contributed by atoms with Gasteiger partial charge in [0.05, 0.1) is 5.69 Å². The first-order chi connectivity index (χ1) is 8.25. The second-order valence-corrected chi connectivity index (χ2v) is 5.13. The Morgan fingerprint density at radius 1 is 1.41 bits per heavy atom. The molecule has 3 rings (SSSR count). The number of hydrogen-bond acceptors (Lipinski definition) is 4. The quantitative estimate of drug-likeness (QED) is 0.845. The van der Waals surface area contributed by atoms with Crippen LogP contribution in [0.25, 0.3) is 0 Å². The Morgan fingerprint density at radius 2 is 2.29 bits per heavy atom. The van der Waals surface area contributed by atoms with Gasteiger partial charge in [0, 0.05) is 36.5 Å². The number of nitrogens with zero attached hydrogens (tertiary/aromatic N) is 2. The first kappa shape index (κ1) is 11.2. The van der Waals surface area contributed by atoms with Crippen molar-refractivity contribution >= 4 is 16.8 Å². The van der Waals surface area contributed by atoms with E-state index in [0.29, 0.717) is 5.75 Å². The lowest BCUT2D eigenvalue weighted by Gasteiger charge is -2.14. The van der Waals surface area contributed by atoms with Gasteiger partial charge in [0.1, 0.15) is 11.1 Å². The lowest BCUT2D eigenvalue weighted by atomic mass is 10.0. The Morgan fingerprint density at radius 3 is 3.06 bits per heavy atom. The van der Waals surface area contributed by atoms with Gasteiger partial charge in [0.15, 0.2) is 0 Å². The maximum absolute atomic E-state index is 12.5. The fourth-order valence-electron chi connectivity index (χ4n) is 2.18. The van der Waals surface area contributed by atoms with Crippen molar-refractivity contribution in [2.75, 3.05) is 12.3 Å². The van der Waals surface area contributed by atoms with E-state index in [1.165, 1.54) is 0 Å². The molecule has 4 nitrogen and oxygen atoms in total. The van der Waals surface area contributed by atoms with Gasteiger partial charge < -0.3 is 5.32 Å². The summed E-state index contributed by atoms with van der Waals surface area (Å²) in [6.45, 7) is 1.68. The van der Waals surface area contributed by atoms with Crippen molar-refractivity contribution in [1.82, 2.24) is 15.5 Å². The van der Waals surface area contributed by atoms with Crippen LogP contribution in [0.3, 0.4) is 0 Å². The molecule has 92 valence electrons. The third-order valence-electron chi connectivity index (χ3n) is 3.01. The number of H-pyrrole nitrogens is 1. The molecule has 7 heteroatoms. The van der Waals surface area contributed by atoms with Gasteiger partial charge in [-0.1, -0.05) is 0 Å². The van der Waals surface area contributed by atoms with Crippen LogP contribution in [0.5, 0.6) is 0 Å². The second kappa shape index (κ2) is 4.38. The molecule has 17 heavy (non-hydrogen) atoms. The number of aliphatic imine (C=N–C) groups is 1. The SMILES string of the molecule is FC(F)C1=NC(c2n[nH]c3c2CNCC3)CS1. The largest absolute Gasteiger partial charge is 0.312 e. The molecule has 0 amide bonds. The lowest BCUT2D eigenvalue weighted by molar-refractivity contribution is 0.229. The van der Waals surface area contributed by atoms with Crippen LogP contribution in [0.2, 0.25) is 0 Å². The molecule has 1 aromatic rings. The van der Waals surface area contributed by atoms with Gasteiger partial charge in [-0.3, -0.25) is 10.1 Å². The molecular formula is C10H12F2N4S. The normalized spacial score (nSPS) is 23.9. The van der Waals surface area contributed by atoms with Crippen molar-refractivity contribution < 1.29 is 8.78 Å². The molecule has 1 atom stereocenters. The molecule has 0 bridgehead atoms. The highest BCUT2D eigenvalue weighted by Gasteiger charge is 2.30. The number of alkyl halides is 2. The Labute approximate surface area is 101 Å². The summed E-state index contributed by atoms with van der Waals surface area (Å²) in [6.07, 6.45) is -1.55. The molecule has 0 saturated heterocycles. The number of rotatable bonds is 2. The van der Waals surface area contributed by atoms with E-state index in [1.54, 1.807) is 0 Å². The van der Waals surface area contributed by atoms with E-state index < -0.39 is 6.43 Å². The fourth-order valence-corrected chi connectivity index (χ4v) is 3.06. The molecule has 1 unspecified atom stereocenters. The van der Waals surface area contributed by atoms with Gasteiger partial charge in [0.2, 0.25) is 0 Å². The van der Waals surface area contributed by atoms with Crippen LogP contribution in [0.1, 0.15) is 23.0 Å². The highest BCUT2D eigenvalue weighted by molar-refractivity contribution is 8.14. The minimum absolute atomic E-state index is 0.0597. The number of hydrogen-bond donors (Lipinski definition) is 2. The third kappa shape index (κ3) is 1.97. The number of thioether (sulfide) groups is 1. The maximum Gasteiger partial charge on any atom is 0.285 e. The Kier molecular flexibility index (Phi) is 2.87. The smallest absolute Gasteiger partial charge is 0.285 e. The third-order valence-corrected chi connectivity index (χ3v) is 4.07. The minimum atomic E-state index is -2.46. The summed E-state index contributed by atoms with van der Waals surface area (Å²) in [5.74, 6) is 0.566. The van der Waals surface area contributed by atoms with E-state index in [4.69, 9.17) is 0 Å². The molecule has 2 aliphatic heterocycles. The number of aromatic amines is 1. The van der Waals surface area contributed by atoms with Gasteiger partial charge in [0.25, 0.3) is 6.43 Å². The predicted octanol–water partition coefficient (Wildman–Crippen LogP) is 1.51. The molecule has 2 aliphatic rings. The summed E-state index contributed by atoms with van der Waals surface area (Å²) in [5.41, 5.74) is 3.06. The molecular weight excluding hydrogens is 246 g/mol. The highest BCUT2D eigenvalue weighted by Crippen LogP contribution is 2.34. The summed E-state index contributed by atoms with van der Waals surface area (Å²) in [7, 11) is 0. The molecule has 2 N–H and O–H groups in total. The zero-order chi connectivity index (χ0) is 11.8. The lowest BCUT2D eigenvalue weighted by Crippen LogP contribution is -2.24. The zero-order valence-electron chi connectivity index (χ0n) is 9.04. The summed E-state index contributed by atoms with van der Waals surface area (Å²) < 4.78 is 25.0. The van der Waals surface area contributed by atoms with Crippen molar-refractivity contribution in [2.24, 2.45) is 4.99 Å². The minimum Gasteiger partial charge on any atom is -0.312 e. The van der Waals surface area contributed by atoms with Gasteiger partial charge in [-0.2, -0.15) is 5.10 Å². The average molecular weight is 258 g/mol. The molecule has 0 fully saturated rings. The van der Waals surface area contributed by atoms with Crippen LogP contribution >= 0.6 is 11.8 Å². The number of fused-ring (bicyclic) bond motifs is 1. The molecule has 0 aliphatic carbocycles. The Hall–Kier alpha value is -0.950. The second-order valence-electron chi connectivity index (χ2n) is 4.09. The topological polar surface area (TPSA) is 53.1 Å². The Bertz CT molecular complexity index is 457. The standard InChI is InChI=1S/C10H12F2N4S/c11-9(12)10-14-7(4-17-10)8-5-3-13-2-1-6(5)15-16-8/h7,9,13H,1-4H2,(H,15,16). The van der Waals surface area contributed by atoms with Crippen molar-refractivity contribution in [3.05, 3.63) is 17.0 Å². The van der Waals surface area contributed by atoms with E-state index in [1.807, 2.05) is 0 Å². The monoisotopic (exact) mass is 258 g/mol. The van der Waals surface area contributed by atoms with Crippen molar-refractivity contribution in [3.8, 4) is 0 Å². The highest BCUT2D eigenvalue weighted by atomic mass is 32.2. The summed E-state index contributed by atoms with van der Waals surface area (Å²) in [4.78, 5) is 4.06. The first-order valence-electron chi connectivity index (χ1n) is 5.51. The number of aromatic nitrogens is 2. The van der Waals surface area contributed by atoms with Crippen molar-refractivity contribution in [1.29, 1.82) is 0 Å². The molecule has 0 radical (unpaired) electrons. The summed E-state index contributed by atoms with van der Waals surface area (Å²) in [5, 5.41) is 10.4. The maximum atomic E-state index is 12.5. The molecule has 3 heterocycles. The van der Waals surface area contributed by atoms with Crippen LogP contribution in [-0.2, 0) is 13.0 Å². The van der Waals surface area contributed by atoms with Gasteiger partial charge in [-0.25, -0.2) is 8.78 Å². The van der Waals surface area contributed by atoms with Crippen LogP contribution < -0.4 is 5.32 Å². The van der Waals surface area contributed by atoms with E-state index in [2.05, 4.69) is 20.5 Å². The van der Waals surface area contributed by atoms with Gasteiger partial charge in [-0.15, -0.1) is 11.8 Å².